The normalized spacial score (nSPS) is 16.9. The second kappa shape index (κ2) is 5.42. The molecule has 0 saturated heterocycles. The Balaban J connectivity index is 1.85. The fraction of sp³-hybridized carbons (Fsp3) is 0.286. The number of carbonyl (C=O) groups excluding carboxylic acids is 2. The molecule has 0 bridgehead atoms. The molecule has 1 aromatic carbocycles. The lowest BCUT2D eigenvalue weighted by Crippen LogP contribution is -2.36. The van der Waals surface area contributed by atoms with Crippen LogP contribution in [-0.2, 0) is 9.59 Å². The lowest BCUT2D eigenvalue weighted by atomic mass is 10.1. The monoisotopic (exact) mass is 319 g/mol. The van der Waals surface area contributed by atoms with Crippen LogP contribution >= 0.6 is 11.6 Å². The Morgan fingerprint density at radius 1 is 1.45 bits per heavy atom. The van der Waals surface area contributed by atoms with Crippen LogP contribution < -0.4 is 10.6 Å². The topological polar surface area (TPSA) is 88.9 Å². The molecule has 8 heteroatoms. The average Bonchev–Trinajstić information content (AvgIpc) is 2.82. The summed E-state index contributed by atoms with van der Waals surface area (Å²) in [4.78, 5) is 28.3. The zero-order valence-electron chi connectivity index (χ0n) is 12.1. The first kappa shape index (κ1) is 14.5. The van der Waals surface area contributed by atoms with Crippen molar-refractivity contribution in [1.82, 2.24) is 14.8 Å². The first-order valence-corrected chi connectivity index (χ1v) is 7.12. The smallest absolute Gasteiger partial charge is 0.249 e. The summed E-state index contributed by atoms with van der Waals surface area (Å²) < 4.78 is 1.43. The summed E-state index contributed by atoms with van der Waals surface area (Å²) in [5, 5.41) is 10.1. The molecule has 2 aromatic rings. The highest BCUT2D eigenvalue weighted by Crippen LogP contribution is 2.25. The number of aryl methyl sites for hydroxylation is 2. The van der Waals surface area contributed by atoms with Crippen molar-refractivity contribution in [2.24, 2.45) is 0 Å². The molecule has 7 nitrogen and oxygen atoms in total. The van der Waals surface area contributed by atoms with Gasteiger partial charge in [-0.25, -0.2) is 4.68 Å². The summed E-state index contributed by atoms with van der Waals surface area (Å²) in [6.45, 7) is 3.58. The van der Waals surface area contributed by atoms with Gasteiger partial charge in [0.1, 0.15) is 11.9 Å². The molecule has 0 radical (unpaired) electrons. The van der Waals surface area contributed by atoms with E-state index in [0.717, 1.165) is 5.56 Å². The van der Waals surface area contributed by atoms with Gasteiger partial charge in [0, 0.05) is 10.7 Å². The van der Waals surface area contributed by atoms with Crippen LogP contribution in [0.4, 0.5) is 11.6 Å². The van der Waals surface area contributed by atoms with Crippen LogP contribution in [-0.4, -0.2) is 26.6 Å². The van der Waals surface area contributed by atoms with Gasteiger partial charge in [-0.3, -0.25) is 14.9 Å². The van der Waals surface area contributed by atoms with Gasteiger partial charge >= 0.3 is 0 Å². The van der Waals surface area contributed by atoms with E-state index in [4.69, 9.17) is 11.6 Å². The molecule has 2 N–H and O–H groups in total. The molecule has 0 unspecified atom stereocenters. The van der Waals surface area contributed by atoms with Gasteiger partial charge < -0.3 is 5.32 Å². The Morgan fingerprint density at radius 2 is 2.23 bits per heavy atom. The van der Waals surface area contributed by atoms with Gasteiger partial charge in [0.05, 0.1) is 6.42 Å². The van der Waals surface area contributed by atoms with E-state index < -0.39 is 6.04 Å². The minimum Gasteiger partial charge on any atom is -0.324 e. The maximum absolute atomic E-state index is 12.5. The molecule has 0 saturated carbocycles. The Bertz CT molecular complexity index is 771. The zero-order valence-corrected chi connectivity index (χ0v) is 12.8. The summed E-state index contributed by atoms with van der Waals surface area (Å²) in [7, 11) is 0. The standard InChI is InChI=1S/C14H14ClN5O2/c1-7-3-4-9(5-10(7)15)17-13(22)11-6-12(21)18-14-16-8(2)19-20(11)14/h3-5,11H,6H2,1-2H3,(H,17,22)(H,16,18,19,21)/t11-/m0/s1. The molecule has 1 aromatic heterocycles. The van der Waals surface area contributed by atoms with Crippen molar-refractivity contribution in [3.63, 3.8) is 0 Å². The molecule has 2 heterocycles. The van der Waals surface area contributed by atoms with Crippen molar-refractivity contribution in [2.75, 3.05) is 10.6 Å². The minimum absolute atomic E-state index is 0.0151. The van der Waals surface area contributed by atoms with E-state index in [0.29, 0.717) is 16.5 Å². The molecule has 0 spiro atoms. The Kier molecular flexibility index (Phi) is 3.58. The van der Waals surface area contributed by atoms with Crippen LogP contribution in [0.15, 0.2) is 18.2 Å². The Hall–Kier alpha value is -2.41. The van der Waals surface area contributed by atoms with Crippen molar-refractivity contribution >= 4 is 35.1 Å². The van der Waals surface area contributed by atoms with Gasteiger partial charge in [0.15, 0.2) is 0 Å². The minimum atomic E-state index is -0.731. The maximum Gasteiger partial charge on any atom is 0.249 e. The summed E-state index contributed by atoms with van der Waals surface area (Å²) >= 11 is 6.05. The van der Waals surface area contributed by atoms with Crippen LogP contribution in [0.2, 0.25) is 5.02 Å². The van der Waals surface area contributed by atoms with Crippen LogP contribution in [0, 0.1) is 13.8 Å². The van der Waals surface area contributed by atoms with Crippen LogP contribution in [0.1, 0.15) is 23.9 Å². The SMILES string of the molecule is Cc1nc2n(n1)[C@H](C(=O)Nc1ccc(C)c(Cl)c1)CC(=O)N2. The van der Waals surface area contributed by atoms with Gasteiger partial charge in [0.2, 0.25) is 17.8 Å². The van der Waals surface area contributed by atoms with E-state index in [1.807, 2.05) is 13.0 Å². The van der Waals surface area contributed by atoms with E-state index in [2.05, 4.69) is 20.7 Å². The Morgan fingerprint density at radius 3 is 2.95 bits per heavy atom. The number of carbonyl (C=O) groups is 2. The van der Waals surface area contributed by atoms with Gasteiger partial charge in [0.25, 0.3) is 0 Å². The van der Waals surface area contributed by atoms with Crippen LogP contribution in [0.5, 0.6) is 0 Å². The average molecular weight is 320 g/mol. The number of nitrogens with one attached hydrogen (secondary N) is 2. The number of benzene rings is 1. The predicted octanol–water partition coefficient (Wildman–Crippen LogP) is 2.07. The molecule has 0 fully saturated rings. The number of nitrogens with zero attached hydrogens (tertiary/aromatic N) is 3. The van der Waals surface area contributed by atoms with E-state index in [1.54, 1.807) is 19.1 Å². The number of halogens is 1. The fourth-order valence-electron chi connectivity index (χ4n) is 2.27. The largest absolute Gasteiger partial charge is 0.324 e. The lowest BCUT2D eigenvalue weighted by molar-refractivity contribution is -0.125. The quantitative estimate of drug-likeness (QED) is 0.886. The van der Waals surface area contributed by atoms with Gasteiger partial charge in [-0.1, -0.05) is 17.7 Å². The van der Waals surface area contributed by atoms with Gasteiger partial charge in [-0.15, -0.1) is 0 Å². The molecule has 3 rings (SSSR count). The second-order valence-corrected chi connectivity index (χ2v) is 5.56. The van der Waals surface area contributed by atoms with Crippen molar-refractivity contribution in [3.8, 4) is 0 Å². The number of anilines is 2. The number of rotatable bonds is 2. The maximum atomic E-state index is 12.5. The van der Waals surface area contributed by atoms with Gasteiger partial charge in [-0.2, -0.15) is 10.1 Å². The molecule has 1 aliphatic heterocycles. The molecule has 1 atom stereocenters. The van der Waals surface area contributed by atoms with E-state index >= 15 is 0 Å². The molecule has 114 valence electrons. The predicted molar refractivity (Wildman–Crippen MR) is 81.9 cm³/mol. The number of hydrogen-bond donors (Lipinski definition) is 2. The first-order chi connectivity index (χ1) is 10.4. The number of amides is 2. The van der Waals surface area contributed by atoms with Crippen molar-refractivity contribution < 1.29 is 9.59 Å². The van der Waals surface area contributed by atoms with Crippen molar-refractivity contribution in [3.05, 3.63) is 34.6 Å². The third-order valence-electron chi connectivity index (χ3n) is 3.40. The van der Waals surface area contributed by atoms with Crippen LogP contribution in [0.25, 0.3) is 0 Å². The van der Waals surface area contributed by atoms with Crippen molar-refractivity contribution in [2.45, 2.75) is 26.3 Å². The summed E-state index contributed by atoms with van der Waals surface area (Å²) in [5.41, 5.74) is 1.50. The highest BCUT2D eigenvalue weighted by atomic mass is 35.5. The lowest BCUT2D eigenvalue weighted by Gasteiger charge is -2.22. The van der Waals surface area contributed by atoms with Crippen LogP contribution in [0.3, 0.4) is 0 Å². The van der Waals surface area contributed by atoms with Crippen molar-refractivity contribution in [1.29, 1.82) is 0 Å². The second-order valence-electron chi connectivity index (χ2n) is 5.15. The van der Waals surface area contributed by atoms with E-state index in [9.17, 15) is 9.59 Å². The Labute approximate surface area is 131 Å². The number of aromatic nitrogens is 3. The summed E-state index contributed by atoms with van der Waals surface area (Å²) in [6.07, 6.45) is 0.0151. The van der Waals surface area contributed by atoms with E-state index in [-0.39, 0.29) is 24.2 Å². The highest BCUT2D eigenvalue weighted by Gasteiger charge is 2.32. The third-order valence-corrected chi connectivity index (χ3v) is 3.81. The van der Waals surface area contributed by atoms with Gasteiger partial charge in [-0.05, 0) is 31.5 Å². The fourth-order valence-corrected chi connectivity index (χ4v) is 2.45. The molecular weight excluding hydrogens is 306 g/mol. The summed E-state index contributed by atoms with van der Waals surface area (Å²) in [5.74, 6) is 0.187. The zero-order chi connectivity index (χ0) is 15.9. The summed E-state index contributed by atoms with van der Waals surface area (Å²) in [6, 6.07) is 4.52. The molecule has 2 amide bonds. The molecule has 1 aliphatic rings. The molecular formula is C14H14ClN5O2. The van der Waals surface area contributed by atoms with E-state index in [1.165, 1.54) is 4.68 Å². The highest BCUT2D eigenvalue weighted by molar-refractivity contribution is 6.31. The molecule has 22 heavy (non-hydrogen) atoms. The first-order valence-electron chi connectivity index (χ1n) is 6.74. The molecule has 0 aliphatic carbocycles. The number of hydrogen-bond acceptors (Lipinski definition) is 4. The number of fused-ring (bicyclic) bond motifs is 1. The third kappa shape index (κ3) is 2.67.